The summed E-state index contributed by atoms with van der Waals surface area (Å²) in [4.78, 5) is 30.3. The summed E-state index contributed by atoms with van der Waals surface area (Å²) < 4.78 is 0.576. The molecule has 0 bridgehead atoms. The smallest absolute Gasteiger partial charge is 0.250 e. The molecular weight excluding hydrogens is 274 g/mol. The molecule has 0 spiro atoms. The molecule has 0 aliphatic rings. The molecule has 98 valence electrons. The van der Waals surface area contributed by atoms with Gasteiger partial charge in [-0.3, -0.25) is 9.59 Å². The number of amides is 1. The maximum absolute atomic E-state index is 11.6. The number of aliphatic imine (C=N–C) groups is 1. The summed E-state index contributed by atoms with van der Waals surface area (Å²) in [5, 5.41) is 4.14. The summed E-state index contributed by atoms with van der Waals surface area (Å²) in [6, 6.07) is -0.694. The molecule has 1 amide bonds. The lowest BCUT2D eigenvalue weighted by Crippen LogP contribution is -2.30. The fraction of sp³-hybridized carbons (Fsp3) is 0.333. The molecule has 0 radical (unpaired) electrons. The minimum absolute atomic E-state index is 0.0592. The lowest BCUT2D eigenvalue weighted by atomic mass is 10.3. The van der Waals surface area contributed by atoms with Gasteiger partial charge in [-0.05, 0) is 18.7 Å². The van der Waals surface area contributed by atoms with Crippen LogP contribution in [-0.2, 0) is 9.59 Å². The zero-order chi connectivity index (χ0) is 13.7. The molecule has 0 fully saturated rings. The lowest BCUT2D eigenvalue weighted by molar-refractivity contribution is -0.117. The molecule has 1 aromatic rings. The standard InChI is InChI=1S/C9H13N5O2S2/c1-4(12-8(10)11)7(16)13-6-3-17-9(14-6)18-5(2)15/h3-4H,1-2H3,(H,13,16)(H4,10,11,12). The monoisotopic (exact) mass is 287 g/mol. The Labute approximate surface area is 112 Å². The fourth-order valence-corrected chi connectivity index (χ4v) is 2.55. The van der Waals surface area contributed by atoms with Crippen LogP contribution in [0, 0.1) is 0 Å². The Bertz CT molecular complexity index is 481. The minimum atomic E-state index is -0.694. The van der Waals surface area contributed by atoms with E-state index in [-0.39, 0.29) is 17.0 Å². The topological polar surface area (TPSA) is 123 Å². The maximum Gasteiger partial charge on any atom is 0.250 e. The molecule has 0 aromatic carbocycles. The van der Waals surface area contributed by atoms with Gasteiger partial charge < -0.3 is 16.8 Å². The third-order valence-electron chi connectivity index (χ3n) is 1.69. The average molecular weight is 287 g/mol. The van der Waals surface area contributed by atoms with Crippen molar-refractivity contribution in [3.8, 4) is 0 Å². The van der Waals surface area contributed by atoms with Crippen LogP contribution in [-0.4, -0.2) is 28.0 Å². The molecule has 1 rings (SSSR count). The molecule has 18 heavy (non-hydrogen) atoms. The summed E-state index contributed by atoms with van der Waals surface area (Å²) >= 11 is 2.29. The number of thioether (sulfide) groups is 1. The molecule has 1 aromatic heterocycles. The van der Waals surface area contributed by atoms with E-state index in [1.165, 1.54) is 18.3 Å². The highest BCUT2D eigenvalue weighted by atomic mass is 32.2. The first-order chi connectivity index (χ1) is 8.38. The number of guanidine groups is 1. The third kappa shape index (κ3) is 4.72. The predicted octanol–water partition coefficient (Wildman–Crippen LogP) is 0.382. The van der Waals surface area contributed by atoms with E-state index < -0.39 is 6.04 Å². The number of nitrogens with one attached hydrogen (secondary N) is 1. The number of rotatable bonds is 4. The molecule has 0 saturated heterocycles. The second kappa shape index (κ2) is 6.36. The summed E-state index contributed by atoms with van der Waals surface area (Å²) in [7, 11) is 0. The van der Waals surface area contributed by atoms with Crippen LogP contribution in [0.5, 0.6) is 0 Å². The van der Waals surface area contributed by atoms with Gasteiger partial charge in [-0.25, -0.2) is 9.98 Å². The van der Waals surface area contributed by atoms with Crippen LogP contribution in [0.4, 0.5) is 5.82 Å². The van der Waals surface area contributed by atoms with Gasteiger partial charge in [0.05, 0.1) is 0 Å². The summed E-state index contributed by atoms with van der Waals surface area (Å²) in [6.07, 6.45) is 0. The maximum atomic E-state index is 11.6. The number of carbonyl (C=O) groups is 2. The van der Waals surface area contributed by atoms with Gasteiger partial charge >= 0.3 is 0 Å². The first kappa shape index (κ1) is 14.5. The second-order valence-corrected chi connectivity index (χ2v) is 5.59. The molecule has 5 N–H and O–H groups in total. The largest absolute Gasteiger partial charge is 0.370 e. The Morgan fingerprint density at radius 3 is 2.78 bits per heavy atom. The number of nitrogens with two attached hydrogens (primary N) is 2. The summed E-state index contributed by atoms with van der Waals surface area (Å²) in [5.74, 6) is -0.136. The van der Waals surface area contributed by atoms with E-state index >= 15 is 0 Å². The van der Waals surface area contributed by atoms with Gasteiger partial charge in [-0.1, -0.05) is 0 Å². The zero-order valence-electron chi connectivity index (χ0n) is 9.84. The minimum Gasteiger partial charge on any atom is -0.370 e. The first-order valence-electron chi connectivity index (χ1n) is 4.92. The van der Waals surface area contributed by atoms with E-state index in [9.17, 15) is 9.59 Å². The van der Waals surface area contributed by atoms with E-state index in [1.807, 2.05) is 0 Å². The van der Waals surface area contributed by atoms with Gasteiger partial charge in [-0.2, -0.15) is 0 Å². The van der Waals surface area contributed by atoms with Crippen molar-refractivity contribution in [2.75, 3.05) is 5.32 Å². The van der Waals surface area contributed by atoms with Gasteiger partial charge in [0, 0.05) is 12.3 Å². The van der Waals surface area contributed by atoms with E-state index in [0.29, 0.717) is 10.2 Å². The predicted molar refractivity (Wildman–Crippen MR) is 72.6 cm³/mol. The zero-order valence-corrected chi connectivity index (χ0v) is 11.5. The molecule has 0 aliphatic carbocycles. The van der Waals surface area contributed by atoms with E-state index in [1.54, 1.807) is 12.3 Å². The van der Waals surface area contributed by atoms with Crippen molar-refractivity contribution in [3.05, 3.63) is 5.38 Å². The first-order valence-corrected chi connectivity index (χ1v) is 6.61. The Morgan fingerprint density at radius 2 is 2.22 bits per heavy atom. The quantitative estimate of drug-likeness (QED) is 0.418. The SMILES string of the molecule is CC(=O)Sc1nc(NC(=O)C(C)N=C(N)N)cs1. The van der Waals surface area contributed by atoms with E-state index in [0.717, 1.165) is 11.8 Å². The number of aromatic nitrogens is 1. The molecule has 1 unspecified atom stereocenters. The highest BCUT2D eigenvalue weighted by molar-refractivity contribution is 8.14. The Morgan fingerprint density at radius 1 is 1.56 bits per heavy atom. The molecule has 1 heterocycles. The van der Waals surface area contributed by atoms with Crippen LogP contribution < -0.4 is 16.8 Å². The van der Waals surface area contributed by atoms with Crippen LogP contribution in [0.3, 0.4) is 0 Å². The highest BCUT2D eigenvalue weighted by Crippen LogP contribution is 2.25. The van der Waals surface area contributed by atoms with Crippen molar-refractivity contribution < 1.29 is 9.59 Å². The van der Waals surface area contributed by atoms with Crippen molar-refractivity contribution in [2.24, 2.45) is 16.5 Å². The Kier molecular flexibility index (Phi) is 5.10. The van der Waals surface area contributed by atoms with Gasteiger partial charge in [0.2, 0.25) is 5.91 Å². The van der Waals surface area contributed by atoms with Gasteiger partial charge in [0.25, 0.3) is 0 Å². The fourth-order valence-electron chi connectivity index (χ4n) is 0.997. The van der Waals surface area contributed by atoms with Crippen molar-refractivity contribution in [1.82, 2.24) is 4.98 Å². The molecule has 9 heteroatoms. The third-order valence-corrected chi connectivity index (χ3v) is 3.41. The number of thiazole rings is 1. The van der Waals surface area contributed by atoms with Crippen molar-refractivity contribution in [1.29, 1.82) is 0 Å². The second-order valence-electron chi connectivity index (χ2n) is 3.31. The molecule has 0 aliphatic heterocycles. The van der Waals surface area contributed by atoms with Gasteiger partial charge in [0.15, 0.2) is 15.4 Å². The molecule has 1 atom stereocenters. The normalized spacial score (nSPS) is 11.7. The van der Waals surface area contributed by atoms with Crippen LogP contribution in [0.2, 0.25) is 0 Å². The number of anilines is 1. The Balaban J connectivity index is 2.62. The van der Waals surface area contributed by atoms with E-state index in [4.69, 9.17) is 11.5 Å². The van der Waals surface area contributed by atoms with Gasteiger partial charge in [0.1, 0.15) is 11.9 Å². The van der Waals surface area contributed by atoms with E-state index in [2.05, 4.69) is 15.3 Å². The number of hydrogen-bond acceptors (Lipinski definition) is 6. The highest BCUT2D eigenvalue weighted by Gasteiger charge is 2.14. The van der Waals surface area contributed by atoms with Crippen LogP contribution in [0.1, 0.15) is 13.8 Å². The summed E-state index contributed by atoms with van der Waals surface area (Å²) in [6.45, 7) is 3.01. The van der Waals surface area contributed by atoms with Crippen LogP contribution in [0.25, 0.3) is 0 Å². The Hall–Kier alpha value is -1.61. The summed E-state index contributed by atoms with van der Waals surface area (Å²) in [5.41, 5.74) is 10.4. The number of hydrogen-bond donors (Lipinski definition) is 3. The number of nitrogens with zero attached hydrogens (tertiary/aromatic N) is 2. The lowest BCUT2D eigenvalue weighted by Gasteiger charge is -2.05. The van der Waals surface area contributed by atoms with Gasteiger partial charge in [-0.15, -0.1) is 11.3 Å². The van der Waals surface area contributed by atoms with Crippen LogP contribution in [0.15, 0.2) is 14.7 Å². The van der Waals surface area contributed by atoms with Crippen LogP contribution >= 0.6 is 23.1 Å². The average Bonchev–Trinajstić information content (AvgIpc) is 2.63. The van der Waals surface area contributed by atoms with Crippen molar-refractivity contribution in [2.45, 2.75) is 24.2 Å². The van der Waals surface area contributed by atoms with Crippen molar-refractivity contribution in [3.63, 3.8) is 0 Å². The van der Waals surface area contributed by atoms with Crippen molar-refractivity contribution >= 4 is 45.9 Å². The molecule has 0 saturated carbocycles. The number of carbonyl (C=O) groups excluding carboxylic acids is 2. The molecular formula is C9H13N5O2S2. The molecule has 7 nitrogen and oxygen atoms in total.